The molecule has 0 aromatic heterocycles. The first kappa shape index (κ1) is 22.6. The summed E-state index contributed by atoms with van der Waals surface area (Å²) in [5.74, 6) is 0.300. The molecule has 0 amide bonds. The number of esters is 1. The van der Waals surface area contributed by atoms with Crippen LogP contribution in [0.2, 0.25) is 0 Å². The molecule has 0 aliphatic heterocycles. The molecule has 0 saturated carbocycles. The lowest BCUT2D eigenvalue weighted by atomic mass is 10.2. The summed E-state index contributed by atoms with van der Waals surface area (Å²) in [5.41, 5.74) is 0.879. The average Bonchev–Trinajstić information content (AvgIpc) is 2.50. The highest BCUT2D eigenvalue weighted by molar-refractivity contribution is 14.0. The van der Waals surface area contributed by atoms with Crippen molar-refractivity contribution in [3.63, 3.8) is 0 Å². The van der Waals surface area contributed by atoms with E-state index in [0.29, 0.717) is 32.5 Å². The molecule has 0 heterocycles. The highest BCUT2D eigenvalue weighted by Crippen LogP contribution is 2.06. The highest BCUT2D eigenvalue weighted by Gasteiger charge is 2.07. The number of hydrogen-bond donors (Lipinski definition) is 1. The largest absolute Gasteiger partial charge is 0.466 e. The lowest BCUT2D eigenvalue weighted by Gasteiger charge is -2.22. The van der Waals surface area contributed by atoms with Crippen molar-refractivity contribution in [2.24, 2.45) is 4.99 Å². The minimum absolute atomic E-state index is 0. The molecule has 24 heavy (non-hydrogen) atoms. The van der Waals surface area contributed by atoms with Gasteiger partial charge in [0.1, 0.15) is 5.82 Å². The number of ether oxygens (including phenoxy) is 1. The van der Waals surface area contributed by atoms with Crippen molar-refractivity contribution in [2.75, 3.05) is 26.7 Å². The molecule has 1 rings (SSSR count). The van der Waals surface area contributed by atoms with Crippen LogP contribution in [0.4, 0.5) is 4.39 Å². The van der Waals surface area contributed by atoms with Gasteiger partial charge in [-0.2, -0.15) is 0 Å². The summed E-state index contributed by atoms with van der Waals surface area (Å²) < 4.78 is 18.1. The van der Waals surface area contributed by atoms with Gasteiger partial charge in [0, 0.05) is 33.1 Å². The first-order valence-electron chi connectivity index (χ1n) is 7.96. The maximum atomic E-state index is 13.2. The first-order valence-corrected chi connectivity index (χ1v) is 7.96. The Kier molecular flexibility index (Phi) is 12.2. The molecular formula is C17H27FIN3O2. The van der Waals surface area contributed by atoms with Gasteiger partial charge in [0.2, 0.25) is 0 Å². The fourth-order valence-corrected chi connectivity index (χ4v) is 2.10. The van der Waals surface area contributed by atoms with E-state index < -0.39 is 0 Å². The average molecular weight is 451 g/mol. The molecule has 0 unspecified atom stereocenters. The van der Waals surface area contributed by atoms with Crippen LogP contribution in [-0.4, -0.2) is 43.6 Å². The van der Waals surface area contributed by atoms with Gasteiger partial charge in [0.05, 0.1) is 6.61 Å². The summed E-state index contributed by atoms with van der Waals surface area (Å²) in [6.07, 6.45) is 1.01. The lowest BCUT2D eigenvalue weighted by Crippen LogP contribution is -2.38. The van der Waals surface area contributed by atoms with E-state index in [1.807, 2.05) is 24.9 Å². The van der Waals surface area contributed by atoms with Gasteiger partial charge >= 0.3 is 5.97 Å². The Morgan fingerprint density at radius 1 is 1.38 bits per heavy atom. The Morgan fingerprint density at radius 3 is 2.75 bits per heavy atom. The molecule has 136 valence electrons. The molecule has 7 heteroatoms. The van der Waals surface area contributed by atoms with Crippen molar-refractivity contribution in [3.05, 3.63) is 35.6 Å². The first-order chi connectivity index (χ1) is 11.1. The van der Waals surface area contributed by atoms with Crippen LogP contribution in [0.1, 0.15) is 32.3 Å². The maximum absolute atomic E-state index is 13.2. The number of aliphatic imine (C=N–C) groups is 1. The molecule has 0 saturated heterocycles. The summed E-state index contributed by atoms with van der Waals surface area (Å²) in [6.45, 7) is 6.02. The Labute approximate surface area is 160 Å². The Morgan fingerprint density at radius 2 is 2.12 bits per heavy atom. The molecule has 0 fully saturated rings. The number of carbonyl (C=O) groups excluding carboxylic acids is 1. The third kappa shape index (κ3) is 9.05. The van der Waals surface area contributed by atoms with Gasteiger partial charge in [-0.25, -0.2) is 4.39 Å². The zero-order valence-corrected chi connectivity index (χ0v) is 16.9. The van der Waals surface area contributed by atoms with E-state index in [9.17, 15) is 9.18 Å². The molecule has 5 nitrogen and oxygen atoms in total. The molecular weight excluding hydrogens is 424 g/mol. The predicted molar refractivity (Wildman–Crippen MR) is 105 cm³/mol. The van der Waals surface area contributed by atoms with Gasteiger partial charge in [-0.05, 0) is 38.0 Å². The van der Waals surface area contributed by atoms with Crippen LogP contribution >= 0.6 is 24.0 Å². The smallest absolute Gasteiger partial charge is 0.305 e. The number of hydrogen-bond acceptors (Lipinski definition) is 3. The Hall–Kier alpha value is -1.38. The fourth-order valence-electron chi connectivity index (χ4n) is 2.10. The minimum Gasteiger partial charge on any atom is -0.466 e. The topological polar surface area (TPSA) is 53.9 Å². The van der Waals surface area contributed by atoms with Crippen molar-refractivity contribution < 1.29 is 13.9 Å². The van der Waals surface area contributed by atoms with Crippen LogP contribution < -0.4 is 5.32 Å². The number of rotatable bonds is 8. The van der Waals surface area contributed by atoms with Crippen molar-refractivity contribution in [1.82, 2.24) is 10.2 Å². The van der Waals surface area contributed by atoms with Gasteiger partial charge in [0.15, 0.2) is 5.96 Å². The van der Waals surface area contributed by atoms with E-state index in [2.05, 4.69) is 10.3 Å². The molecule has 1 aromatic carbocycles. The third-order valence-corrected chi connectivity index (χ3v) is 3.11. The summed E-state index contributed by atoms with van der Waals surface area (Å²) >= 11 is 0. The predicted octanol–water partition coefficient (Wildman–Crippen LogP) is 3.18. The van der Waals surface area contributed by atoms with Gasteiger partial charge in [-0.15, -0.1) is 24.0 Å². The van der Waals surface area contributed by atoms with E-state index in [-0.39, 0.29) is 35.8 Å². The molecule has 1 aromatic rings. The van der Waals surface area contributed by atoms with E-state index in [1.54, 1.807) is 13.0 Å². The lowest BCUT2D eigenvalue weighted by molar-refractivity contribution is -0.143. The van der Waals surface area contributed by atoms with Crippen LogP contribution in [0.15, 0.2) is 29.3 Å². The number of benzene rings is 1. The van der Waals surface area contributed by atoms with Gasteiger partial charge in [-0.3, -0.25) is 9.79 Å². The second kappa shape index (κ2) is 13.0. The fraction of sp³-hybridized carbons (Fsp3) is 0.529. The number of carbonyl (C=O) groups is 1. The summed E-state index contributed by atoms with van der Waals surface area (Å²) in [7, 11) is 1.90. The highest BCUT2D eigenvalue weighted by atomic mass is 127. The summed E-state index contributed by atoms with van der Waals surface area (Å²) in [6, 6.07) is 6.52. The van der Waals surface area contributed by atoms with Crippen molar-refractivity contribution in [2.45, 2.75) is 33.2 Å². The van der Waals surface area contributed by atoms with Gasteiger partial charge in [-0.1, -0.05) is 12.1 Å². The standard InChI is InChI=1S/C17H26FN3O2.HI/c1-4-19-17(20-11-7-10-16(22)23-5-2)21(3)13-14-8-6-9-15(18)12-14;/h6,8-9,12H,4-5,7,10-11,13H2,1-3H3,(H,19,20);1H. The van der Waals surface area contributed by atoms with Gasteiger partial charge in [0.25, 0.3) is 0 Å². The molecule has 0 atom stereocenters. The van der Waals surface area contributed by atoms with Crippen molar-refractivity contribution in [1.29, 1.82) is 0 Å². The summed E-state index contributed by atoms with van der Waals surface area (Å²) in [4.78, 5) is 17.7. The molecule has 0 radical (unpaired) electrons. The van der Waals surface area contributed by atoms with Crippen molar-refractivity contribution in [3.8, 4) is 0 Å². The number of halogens is 2. The second-order valence-corrected chi connectivity index (χ2v) is 5.13. The molecule has 0 aliphatic rings. The Bertz CT molecular complexity index is 526. The number of nitrogens with zero attached hydrogens (tertiary/aromatic N) is 2. The molecule has 0 aliphatic carbocycles. The van der Waals surface area contributed by atoms with Crippen molar-refractivity contribution >= 4 is 35.9 Å². The van der Waals surface area contributed by atoms with Crippen LogP contribution in [0.5, 0.6) is 0 Å². The summed E-state index contributed by atoms with van der Waals surface area (Å²) in [5, 5.41) is 3.20. The maximum Gasteiger partial charge on any atom is 0.305 e. The quantitative estimate of drug-likeness (QED) is 0.217. The van der Waals surface area contributed by atoms with Gasteiger partial charge < -0.3 is 15.0 Å². The van der Waals surface area contributed by atoms with Crippen LogP contribution in [0.3, 0.4) is 0 Å². The Balaban J connectivity index is 0.00000529. The monoisotopic (exact) mass is 451 g/mol. The third-order valence-electron chi connectivity index (χ3n) is 3.11. The molecule has 0 spiro atoms. The molecule has 0 bridgehead atoms. The minimum atomic E-state index is -0.243. The van der Waals surface area contributed by atoms with E-state index in [4.69, 9.17) is 4.74 Å². The zero-order valence-electron chi connectivity index (χ0n) is 14.5. The zero-order chi connectivity index (χ0) is 17.1. The number of nitrogens with one attached hydrogen (secondary N) is 1. The van der Waals surface area contributed by atoms with Crippen LogP contribution in [-0.2, 0) is 16.1 Å². The van der Waals surface area contributed by atoms with E-state index in [0.717, 1.165) is 18.1 Å². The van der Waals surface area contributed by atoms with E-state index in [1.165, 1.54) is 12.1 Å². The SMILES string of the molecule is CCNC(=NCCCC(=O)OCC)N(C)Cc1cccc(F)c1.I. The van der Waals surface area contributed by atoms with Crippen LogP contribution in [0.25, 0.3) is 0 Å². The number of guanidine groups is 1. The normalized spacial score (nSPS) is 10.8. The van der Waals surface area contributed by atoms with Crippen LogP contribution in [0, 0.1) is 5.82 Å². The molecule has 1 N–H and O–H groups in total. The van der Waals surface area contributed by atoms with E-state index >= 15 is 0 Å². The second-order valence-electron chi connectivity index (χ2n) is 5.13.